The fourth-order valence-corrected chi connectivity index (χ4v) is 2.73. The molecule has 0 saturated heterocycles. The number of benzene rings is 1. The van der Waals surface area contributed by atoms with Gasteiger partial charge in [0.2, 0.25) is 0 Å². The highest BCUT2D eigenvalue weighted by molar-refractivity contribution is 5.91. The van der Waals surface area contributed by atoms with Crippen LogP contribution in [0.2, 0.25) is 0 Å². The smallest absolute Gasteiger partial charge is 0.335 e. The zero-order valence-corrected chi connectivity index (χ0v) is 13.1. The highest BCUT2D eigenvalue weighted by Crippen LogP contribution is 2.29. The van der Waals surface area contributed by atoms with Gasteiger partial charge in [0.1, 0.15) is 0 Å². The third-order valence-corrected chi connectivity index (χ3v) is 4.23. The molecule has 0 aliphatic rings. The molecule has 3 heteroatoms. The molecular weight excluding hydrogens is 250 g/mol. The SMILES string of the molecule is CCCCC(CC)Cc1c(C(=O)O)cc(C)c(N)c1C. The Morgan fingerprint density at radius 2 is 2.00 bits per heavy atom. The second kappa shape index (κ2) is 7.32. The summed E-state index contributed by atoms with van der Waals surface area (Å²) >= 11 is 0. The molecule has 1 atom stereocenters. The molecule has 0 radical (unpaired) electrons. The molecule has 0 saturated carbocycles. The number of unbranched alkanes of at least 4 members (excludes halogenated alkanes) is 1. The van der Waals surface area contributed by atoms with E-state index in [1.807, 2.05) is 13.8 Å². The van der Waals surface area contributed by atoms with Crippen LogP contribution >= 0.6 is 0 Å². The van der Waals surface area contributed by atoms with Gasteiger partial charge in [-0.15, -0.1) is 0 Å². The van der Waals surface area contributed by atoms with E-state index in [1.165, 1.54) is 12.8 Å². The quantitative estimate of drug-likeness (QED) is 0.729. The largest absolute Gasteiger partial charge is 0.478 e. The van der Waals surface area contributed by atoms with Gasteiger partial charge in [-0.2, -0.15) is 0 Å². The Hall–Kier alpha value is -1.51. The van der Waals surface area contributed by atoms with Crippen molar-refractivity contribution < 1.29 is 9.90 Å². The van der Waals surface area contributed by atoms with E-state index in [2.05, 4.69) is 13.8 Å². The van der Waals surface area contributed by atoms with Crippen LogP contribution in [0.5, 0.6) is 0 Å². The summed E-state index contributed by atoms with van der Waals surface area (Å²) in [6, 6.07) is 1.71. The summed E-state index contributed by atoms with van der Waals surface area (Å²) in [5, 5.41) is 9.43. The summed E-state index contributed by atoms with van der Waals surface area (Å²) in [6.45, 7) is 8.17. The summed E-state index contributed by atoms with van der Waals surface area (Å²) in [5.74, 6) is -0.314. The van der Waals surface area contributed by atoms with Crippen molar-refractivity contribution in [1.29, 1.82) is 0 Å². The van der Waals surface area contributed by atoms with Crippen molar-refractivity contribution in [2.75, 3.05) is 5.73 Å². The highest BCUT2D eigenvalue weighted by Gasteiger charge is 2.19. The zero-order chi connectivity index (χ0) is 15.3. The van der Waals surface area contributed by atoms with Crippen LogP contribution in [0, 0.1) is 19.8 Å². The molecular formula is C17H27NO2. The van der Waals surface area contributed by atoms with E-state index in [0.717, 1.165) is 41.6 Å². The Bertz CT molecular complexity index is 480. The van der Waals surface area contributed by atoms with Crippen molar-refractivity contribution >= 4 is 11.7 Å². The Kier molecular flexibility index (Phi) is 6.05. The second-order valence-electron chi connectivity index (χ2n) is 5.68. The Balaban J connectivity index is 3.14. The van der Waals surface area contributed by atoms with Crippen LogP contribution in [-0.4, -0.2) is 11.1 Å². The number of carboxylic acid groups (broad SMARTS) is 1. The third-order valence-electron chi connectivity index (χ3n) is 4.23. The topological polar surface area (TPSA) is 63.3 Å². The zero-order valence-electron chi connectivity index (χ0n) is 13.1. The van der Waals surface area contributed by atoms with Gasteiger partial charge in [0, 0.05) is 5.69 Å². The number of nitrogen functional groups attached to an aromatic ring is 1. The molecule has 3 nitrogen and oxygen atoms in total. The van der Waals surface area contributed by atoms with Crippen molar-refractivity contribution in [1.82, 2.24) is 0 Å². The lowest BCUT2D eigenvalue weighted by Gasteiger charge is -2.20. The van der Waals surface area contributed by atoms with Crippen molar-refractivity contribution in [3.05, 3.63) is 28.3 Å². The number of nitrogens with two attached hydrogens (primary N) is 1. The number of anilines is 1. The first-order valence-electron chi connectivity index (χ1n) is 7.54. The Labute approximate surface area is 122 Å². The minimum atomic E-state index is -0.850. The van der Waals surface area contributed by atoms with E-state index in [9.17, 15) is 9.90 Å². The lowest BCUT2D eigenvalue weighted by atomic mass is 9.86. The lowest BCUT2D eigenvalue weighted by molar-refractivity contribution is 0.0695. The van der Waals surface area contributed by atoms with Gasteiger partial charge in [-0.25, -0.2) is 4.79 Å². The minimum absolute atomic E-state index is 0.421. The average molecular weight is 277 g/mol. The lowest BCUT2D eigenvalue weighted by Crippen LogP contribution is -2.13. The molecule has 0 spiro atoms. The molecule has 112 valence electrons. The van der Waals surface area contributed by atoms with Crippen LogP contribution in [0.15, 0.2) is 6.07 Å². The molecule has 0 amide bonds. The van der Waals surface area contributed by atoms with Crippen molar-refractivity contribution in [3.63, 3.8) is 0 Å². The van der Waals surface area contributed by atoms with Crippen molar-refractivity contribution in [3.8, 4) is 0 Å². The maximum atomic E-state index is 11.5. The van der Waals surface area contributed by atoms with Gasteiger partial charge in [-0.05, 0) is 48.9 Å². The van der Waals surface area contributed by atoms with Crippen LogP contribution < -0.4 is 5.73 Å². The summed E-state index contributed by atoms with van der Waals surface area (Å²) < 4.78 is 0. The molecule has 0 heterocycles. The predicted octanol–water partition coefficient (Wildman–Crippen LogP) is 4.34. The Morgan fingerprint density at radius 1 is 1.35 bits per heavy atom. The molecule has 0 aliphatic heterocycles. The molecule has 0 aliphatic carbocycles. The van der Waals surface area contributed by atoms with Gasteiger partial charge in [0.25, 0.3) is 0 Å². The third kappa shape index (κ3) is 3.75. The van der Waals surface area contributed by atoms with Gasteiger partial charge in [-0.3, -0.25) is 0 Å². The number of carbonyl (C=O) groups is 1. The molecule has 0 fully saturated rings. The predicted molar refractivity (Wildman–Crippen MR) is 84.3 cm³/mol. The fraction of sp³-hybridized carbons (Fsp3) is 0.588. The standard InChI is InChI=1S/C17H27NO2/c1-5-7-8-13(6-2)10-14-12(4)16(18)11(3)9-15(14)17(19)20/h9,13H,5-8,10,18H2,1-4H3,(H,19,20). The van der Waals surface area contributed by atoms with Crippen LogP contribution in [0.3, 0.4) is 0 Å². The number of aromatic carboxylic acids is 1. The van der Waals surface area contributed by atoms with Crippen molar-refractivity contribution in [2.24, 2.45) is 5.92 Å². The minimum Gasteiger partial charge on any atom is -0.478 e. The molecule has 1 aromatic carbocycles. The van der Waals surface area contributed by atoms with Gasteiger partial charge >= 0.3 is 5.97 Å². The maximum Gasteiger partial charge on any atom is 0.335 e. The van der Waals surface area contributed by atoms with Gasteiger partial charge in [0.15, 0.2) is 0 Å². The highest BCUT2D eigenvalue weighted by atomic mass is 16.4. The molecule has 1 rings (SSSR count). The molecule has 0 aromatic heterocycles. The first kappa shape index (κ1) is 16.5. The van der Waals surface area contributed by atoms with Crippen molar-refractivity contribution in [2.45, 2.75) is 59.8 Å². The number of aryl methyl sites for hydroxylation is 1. The summed E-state index contributed by atoms with van der Waals surface area (Å²) in [5.41, 5.74) is 9.94. The van der Waals surface area contributed by atoms with E-state index < -0.39 is 5.97 Å². The van der Waals surface area contributed by atoms with Gasteiger partial charge in [0.05, 0.1) is 5.56 Å². The summed E-state index contributed by atoms with van der Waals surface area (Å²) in [4.78, 5) is 11.5. The Morgan fingerprint density at radius 3 is 2.50 bits per heavy atom. The van der Waals surface area contributed by atoms with Crippen LogP contribution in [0.25, 0.3) is 0 Å². The number of carboxylic acids is 1. The maximum absolute atomic E-state index is 11.5. The molecule has 1 unspecified atom stereocenters. The van der Waals surface area contributed by atoms with E-state index in [1.54, 1.807) is 6.07 Å². The first-order valence-corrected chi connectivity index (χ1v) is 7.54. The number of hydrogen-bond donors (Lipinski definition) is 2. The van der Waals surface area contributed by atoms with Crippen LogP contribution in [-0.2, 0) is 6.42 Å². The average Bonchev–Trinajstić information content (AvgIpc) is 2.42. The van der Waals surface area contributed by atoms with Gasteiger partial charge < -0.3 is 10.8 Å². The van der Waals surface area contributed by atoms with Crippen LogP contribution in [0.1, 0.15) is 66.6 Å². The van der Waals surface area contributed by atoms with E-state index in [-0.39, 0.29) is 0 Å². The van der Waals surface area contributed by atoms with E-state index in [4.69, 9.17) is 5.73 Å². The molecule has 1 aromatic rings. The van der Waals surface area contributed by atoms with Gasteiger partial charge in [-0.1, -0.05) is 39.5 Å². The second-order valence-corrected chi connectivity index (χ2v) is 5.68. The molecule has 20 heavy (non-hydrogen) atoms. The number of rotatable bonds is 7. The fourth-order valence-electron chi connectivity index (χ4n) is 2.73. The van der Waals surface area contributed by atoms with E-state index in [0.29, 0.717) is 11.5 Å². The monoisotopic (exact) mass is 277 g/mol. The first-order chi connectivity index (χ1) is 9.42. The molecule has 0 bridgehead atoms. The molecule has 3 N–H and O–H groups in total. The normalized spacial score (nSPS) is 12.4. The number of hydrogen-bond acceptors (Lipinski definition) is 2. The summed E-state index contributed by atoms with van der Waals surface area (Å²) in [6.07, 6.45) is 5.42. The van der Waals surface area contributed by atoms with E-state index >= 15 is 0 Å². The van der Waals surface area contributed by atoms with Crippen LogP contribution in [0.4, 0.5) is 5.69 Å². The summed E-state index contributed by atoms with van der Waals surface area (Å²) in [7, 11) is 0.